The molecular formula is C21H17F4N3O3. The van der Waals surface area contributed by atoms with Gasteiger partial charge < -0.3 is 15.4 Å². The molecule has 1 aromatic heterocycles. The topological polar surface area (TPSA) is 95.1 Å². The molecule has 2 aromatic carbocycles. The Bertz CT molecular complexity index is 1160. The Balaban J connectivity index is 1.88. The summed E-state index contributed by atoms with van der Waals surface area (Å²) in [4.78, 5) is 31.0. The standard InChI is InChI=1S/C21H17F4N3O3/c1-11(12-5-3-2-4-6-12)18-27-16(17(29)20(31)28-18)19(30)26-10-13-7-8-14(22)9-15(13)21(23,24)25/h2-9,11,29H,10H2,1H3,(H,26,30)(H,27,28,31). The second-order valence-electron chi connectivity index (χ2n) is 6.76. The molecule has 162 valence electrons. The SMILES string of the molecule is CC(c1ccccc1)c1nc(C(=O)NCc2ccc(F)cc2C(F)(F)F)c(O)c(=O)[nH]1. The molecule has 0 spiro atoms. The van der Waals surface area contributed by atoms with E-state index in [9.17, 15) is 32.3 Å². The Labute approximate surface area is 173 Å². The fourth-order valence-corrected chi connectivity index (χ4v) is 2.97. The number of amides is 1. The number of nitrogens with one attached hydrogen (secondary N) is 2. The molecule has 0 aliphatic rings. The third-order valence-corrected chi connectivity index (χ3v) is 4.65. The lowest BCUT2D eigenvalue weighted by molar-refractivity contribution is -0.138. The highest BCUT2D eigenvalue weighted by Crippen LogP contribution is 2.32. The monoisotopic (exact) mass is 435 g/mol. The van der Waals surface area contributed by atoms with Gasteiger partial charge in [-0.25, -0.2) is 9.37 Å². The number of hydrogen-bond acceptors (Lipinski definition) is 4. The number of hydrogen-bond donors (Lipinski definition) is 3. The van der Waals surface area contributed by atoms with Crippen LogP contribution in [0.25, 0.3) is 0 Å². The second kappa shape index (κ2) is 8.58. The zero-order valence-electron chi connectivity index (χ0n) is 16.1. The minimum absolute atomic E-state index is 0.0944. The van der Waals surface area contributed by atoms with E-state index in [0.29, 0.717) is 6.07 Å². The first-order valence-electron chi connectivity index (χ1n) is 9.10. The van der Waals surface area contributed by atoms with Crippen molar-refractivity contribution in [2.24, 2.45) is 0 Å². The first-order valence-corrected chi connectivity index (χ1v) is 9.10. The molecule has 0 saturated heterocycles. The van der Waals surface area contributed by atoms with Crippen molar-refractivity contribution in [3.05, 3.63) is 92.9 Å². The van der Waals surface area contributed by atoms with Crippen LogP contribution in [0.1, 0.15) is 45.8 Å². The number of alkyl halides is 3. The molecule has 1 heterocycles. The van der Waals surface area contributed by atoms with Gasteiger partial charge in [-0.05, 0) is 23.3 Å². The van der Waals surface area contributed by atoms with Crippen LogP contribution in [0.5, 0.6) is 5.75 Å². The number of aromatic nitrogens is 2. The second-order valence-corrected chi connectivity index (χ2v) is 6.76. The molecule has 31 heavy (non-hydrogen) atoms. The summed E-state index contributed by atoms with van der Waals surface area (Å²) in [5.41, 5.74) is -2.43. The van der Waals surface area contributed by atoms with Crippen LogP contribution in [-0.4, -0.2) is 21.0 Å². The van der Waals surface area contributed by atoms with E-state index in [4.69, 9.17) is 0 Å². The van der Waals surface area contributed by atoms with Crippen molar-refractivity contribution in [2.45, 2.75) is 25.6 Å². The van der Waals surface area contributed by atoms with Gasteiger partial charge in [-0.15, -0.1) is 0 Å². The summed E-state index contributed by atoms with van der Waals surface area (Å²) in [5.74, 6) is -3.43. The van der Waals surface area contributed by atoms with E-state index in [2.05, 4.69) is 15.3 Å². The first-order chi connectivity index (χ1) is 14.6. The van der Waals surface area contributed by atoms with Crippen molar-refractivity contribution in [1.29, 1.82) is 0 Å². The molecule has 1 unspecified atom stereocenters. The molecule has 3 aromatic rings. The van der Waals surface area contributed by atoms with Crippen molar-refractivity contribution in [2.75, 3.05) is 0 Å². The molecule has 0 saturated carbocycles. The summed E-state index contributed by atoms with van der Waals surface area (Å²) in [6, 6.07) is 11.0. The number of nitrogens with zero attached hydrogens (tertiary/aromatic N) is 1. The third-order valence-electron chi connectivity index (χ3n) is 4.65. The molecule has 3 rings (SSSR count). The van der Waals surface area contributed by atoms with Crippen molar-refractivity contribution >= 4 is 5.91 Å². The Morgan fingerprint density at radius 1 is 1.19 bits per heavy atom. The highest BCUT2D eigenvalue weighted by molar-refractivity contribution is 5.94. The number of carbonyl (C=O) groups excluding carboxylic acids is 1. The van der Waals surface area contributed by atoms with Crippen molar-refractivity contribution < 1.29 is 27.5 Å². The van der Waals surface area contributed by atoms with Gasteiger partial charge in [-0.3, -0.25) is 9.59 Å². The maximum Gasteiger partial charge on any atom is 0.416 e. The Kier molecular flexibility index (Phi) is 6.09. The number of aromatic amines is 1. The van der Waals surface area contributed by atoms with Crippen LogP contribution in [0.3, 0.4) is 0 Å². The molecule has 0 aliphatic carbocycles. The van der Waals surface area contributed by atoms with E-state index in [-0.39, 0.29) is 11.4 Å². The minimum Gasteiger partial charge on any atom is -0.501 e. The largest absolute Gasteiger partial charge is 0.501 e. The molecule has 3 N–H and O–H groups in total. The van der Waals surface area contributed by atoms with Gasteiger partial charge in [-0.2, -0.15) is 13.2 Å². The number of carbonyl (C=O) groups is 1. The minimum atomic E-state index is -4.83. The molecule has 6 nitrogen and oxygen atoms in total. The summed E-state index contributed by atoms with van der Waals surface area (Å²) in [6.45, 7) is 1.10. The average molecular weight is 435 g/mol. The highest BCUT2D eigenvalue weighted by atomic mass is 19.4. The molecular weight excluding hydrogens is 418 g/mol. The van der Waals surface area contributed by atoms with Crippen LogP contribution in [0.2, 0.25) is 0 Å². The van der Waals surface area contributed by atoms with Crippen molar-refractivity contribution in [3.8, 4) is 5.75 Å². The van der Waals surface area contributed by atoms with Gasteiger partial charge in [0.1, 0.15) is 11.6 Å². The molecule has 10 heteroatoms. The van der Waals surface area contributed by atoms with E-state index >= 15 is 0 Å². The number of halogens is 4. The van der Waals surface area contributed by atoms with Gasteiger partial charge >= 0.3 is 6.18 Å². The molecule has 0 aliphatic heterocycles. The average Bonchev–Trinajstić information content (AvgIpc) is 2.73. The normalized spacial score (nSPS) is 12.4. The van der Waals surface area contributed by atoms with Gasteiger partial charge in [-0.1, -0.05) is 43.3 Å². The van der Waals surface area contributed by atoms with Crippen LogP contribution in [0, 0.1) is 5.82 Å². The van der Waals surface area contributed by atoms with Gasteiger partial charge in [0, 0.05) is 12.5 Å². The van der Waals surface area contributed by atoms with Crippen LogP contribution >= 0.6 is 0 Å². The number of rotatable bonds is 5. The van der Waals surface area contributed by atoms with Crippen LogP contribution in [-0.2, 0) is 12.7 Å². The Morgan fingerprint density at radius 2 is 1.87 bits per heavy atom. The van der Waals surface area contributed by atoms with Crippen LogP contribution in [0.4, 0.5) is 17.6 Å². The summed E-state index contributed by atoms with van der Waals surface area (Å²) >= 11 is 0. The quantitative estimate of drug-likeness (QED) is 0.533. The predicted octanol–water partition coefficient (Wildman–Crippen LogP) is 3.72. The summed E-state index contributed by atoms with van der Waals surface area (Å²) in [7, 11) is 0. The van der Waals surface area contributed by atoms with Gasteiger partial charge in [0.2, 0.25) is 5.75 Å². The maximum atomic E-state index is 13.2. The third kappa shape index (κ3) is 4.90. The Hall–Kier alpha value is -3.69. The van der Waals surface area contributed by atoms with Gasteiger partial charge in [0.05, 0.1) is 5.56 Å². The van der Waals surface area contributed by atoms with Crippen molar-refractivity contribution in [3.63, 3.8) is 0 Å². The lowest BCUT2D eigenvalue weighted by atomic mass is 10.0. The van der Waals surface area contributed by atoms with E-state index in [1.165, 1.54) is 0 Å². The Morgan fingerprint density at radius 3 is 2.52 bits per heavy atom. The summed E-state index contributed by atoms with van der Waals surface area (Å²) in [5, 5.41) is 12.2. The number of H-pyrrole nitrogens is 1. The number of benzene rings is 2. The fraction of sp³-hybridized carbons (Fsp3) is 0.190. The molecule has 1 atom stereocenters. The zero-order chi connectivity index (χ0) is 22.8. The summed E-state index contributed by atoms with van der Waals surface area (Å²) < 4.78 is 52.6. The maximum absolute atomic E-state index is 13.2. The van der Waals surface area contributed by atoms with E-state index < -0.39 is 52.9 Å². The predicted molar refractivity (Wildman–Crippen MR) is 103 cm³/mol. The van der Waals surface area contributed by atoms with E-state index in [1.54, 1.807) is 37.3 Å². The smallest absolute Gasteiger partial charge is 0.416 e. The molecule has 1 amide bonds. The zero-order valence-corrected chi connectivity index (χ0v) is 16.1. The molecule has 0 bridgehead atoms. The van der Waals surface area contributed by atoms with Gasteiger partial charge in [0.15, 0.2) is 5.69 Å². The fourth-order valence-electron chi connectivity index (χ4n) is 2.97. The lowest BCUT2D eigenvalue weighted by Gasteiger charge is -2.15. The van der Waals surface area contributed by atoms with Gasteiger partial charge in [0.25, 0.3) is 11.5 Å². The molecule has 0 fully saturated rings. The number of aromatic hydroxyl groups is 1. The lowest BCUT2D eigenvalue weighted by Crippen LogP contribution is -2.28. The van der Waals surface area contributed by atoms with E-state index in [1.807, 2.05) is 0 Å². The highest BCUT2D eigenvalue weighted by Gasteiger charge is 2.34. The summed E-state index contributed by atoms with van der Waals surface area (Å²) in [6.07, 6.45) is -4.83. The van der Waals surface area contributed by atoms with Crippen molar-refractivity contribution in [1.82, 2.24) is 15.3 Å². The van der Waals surface area contributed by atoms with Crippen LogP contribution < -0.4 is 10.9 Å². The molecule has 0 radical (unpaired) electrons. The first kappa shape index (κ1) is 22.0. The van der Waals surface area contributed by atoms with E-state index in [0.717, 1.165) is 17.7 Å². The van der Waals surface area contributed by atoms with Crippen LogP contribution in [0.15, 0.2) is 53.3 Å².